The maximum absolute atomic E-state index is 12.1. The van der Waals surface area contributed by atoms with Crippen molar-refractivity contribution >= 4 is 21.8 Å². The Kier molecular flexibility index (Phi) is 4.10. The number of carbonyl (C=O) groups is 1. The van der Waals surface area contributed by atoms with Gasteiger partial charge in [-0.05, 0) is 47.1 Å². The number of carbonyl (C=O) groups excluding carboxylic acids is 1. The van der Waals surface area contributed by atoms with Crippen LogP contribution in [0.2, 0.25) is 0 Å². The van der Waals surface area contributed by atoms with E-state index in [0.717, 1.165) is 10.2 Å². The molecule has 4 heteroatoms. The monoisotopic (exact) mass is 304 g/mol. The highest BCUT2D eigenvalue weighted by Gasteiger charge is 2.13. The summed E-state index contributed by atoms with van der Waals surface area (Å²) in [4.78, 5) is 16.3. The molecule has 0 spiro atoms. The fraction of sp³-hybridized carbons (Fsp3) is 0.143. The van der Waals surface area contributed by atoms with Gasteiger partial charge in [0, 0.05) is 10.7 Å². The van der Waals surface area contributed by atoms with E-state index in [1.807, 2.05) is 43.3 Å². The number of pyridine rings is 1. The van der Waals surface area contributed by atoms with Gasteiger partial charge in [0.25, 0.3) is 5.91 Å². The van der Waals surface area contributed by atoms with Crippen LogP contribution in [0.5, 0.6) is 0 Å². The first-order valence-electron chi connectivity index (χ1n) is 5.65. The highest BCUT2D eigenvalue weighted by molar-refractivity contribution is 9.10. The third-order valence-corrected chi connectivity index (χ3v) is 3.29. The highest BCUT2D eigenvalue weighted by atomic mass is 79.9. The Balaban J connectivity index is 2.11. The second kappa shape index (κ2) is 5.78. The Morgan fingerprint density at radius 3 is 2.61 bits per heavy atom. The van der Waals surface area contributed by atoms with Gasteiger partial charge < -0.3 is 5.32 Å². The normalized spacial score (nSPS) is 11.9. The lowest BCUT2D eigenvalue weighted by Crippen LogP contribution is -2.27. The van der Waals surface area contributed by atoms with E-state index in [2.05, 4.69) is 26.2 Å². The first kappa shape index (κ1) is 12.8. The van der Waals surface area contributed by atoms with E-state index < -0.39 is 0 Å². The molecule has 0 bridgehead atoms. The molecule has 1 aromatic carbocycles. The summed E-state index contributed by atoms with van der Waals surface area (Å²) >= 11 is 3.37. The van der Waals surface area contributed by atoms with Crippen molar-refractivity contribution in [1.82, 2.24) is 10.3 Å². The molecule has 1 heterocycles. The molecule has 92 valence electrons. The molecular weight excluding hydrogens is 292 g/mol. The van der Waals surface area contributed by atoms with Gasteiger partial charge >= 0.3 is 0 Å². The number of amides is 1. The van der Waals surface area contributed by atoms with Gasteiger partial charge in [-0.15, -0.1) is 0 Å². The summed E-state index contributed by atoms with van der Waals surface area (Å²) < 4.78 is 0.788. The number of halogens is 1. The molecule has 1 aromatic heterocycles. The summed E-state index contributed by atoms with van der Waals surface area (Å²) in [5.74, 6) is -0.111. The zero-order chi connectivity index (χ0) is 13.0. The van der Waals surface area contributed by atoms with Crippen LogP contribution >= 0.6 is 15.9 Å². The smallest absolute Gasteiger partial charge is 0.252 e. The van der Waals surface area contributed by atoms with Gasteiger partial charge in [-0.25, -0.2) is 0 Å². The van der Waals surface area contributed by atoms with Crippen LogP contribution in [0.1, 0.15) is 29.0 Å². The molecule has 3 nitrogen and oxygen atoms in total. The van der Waals surface area contributed by atoms with Crippen molar-refractivity contribution in [2.75, 3.05) is 0 Å². The number of aromatic nitrogens is 1. The third kappa shape index (κ3) is 2.96. The lowest BCUT2D eigenvalue weighted by Gasteiger charge is -2.13. The van der Waals surface area contributed by atoms with Gasteiger partial charge in [0.15, 0.2) is 0 Å². The zero-order valence-electron chi connectivity index (χ0n) is 9.93. The standard InChI is InChI=1S/C14H13BrN2O/c1-10(13-8-4-5-9-16-13)17-14(18)11-6-2-3-7-12(11)15/h2-10H,1H3,(H,17,18). The number of benzene rings is 1. The van der Waals surface area contributed by atoms with E-state index in [1.54, 1.807) is 12.3 Å². The van der Waals surface area contributed by atoms with E-state index in [0.29, 0.717) is 5.56 Å². The second-order valence-electron chi connectivity index (χ2n) is 3.93. The number of rotatable bonds is 3. The minimum Gasteiger partial charge on any atom is -0.344 e. The minimum absolute atomic E-state index is 0.111. The largest absolute Gasteiger partial charge is 0.344 e. The van der Waals surface area contributed by atoms with Crippen molar-refractivity contribution in [3.05, 3.63) is 64.4 Å². The van der Waals surface area contributed by atoms with E-state index in [1.165, 1.54) is 0 Å². The SMILES string of the molecule is CC(NC(=O)c1ccccc1Br)c1ccccn1. The van der Waals surface area contributed by atoms with Crippen molar-refractivity contribution in [1.29, 1.82) is 0 Å². The van der Waals surface area contributed by atoms with Crippen LogP contribution in [0.3, 0.4) is 0 Å². The van der Waals surface area contributed by atoms with Crippen LogP contribution in [0.25, 0.3) is 0 Å². The topological polar surface area (TPSA) is 42.0 Å². The first-order valence-corrected chi connectivity index (χ1v) is 6.44. The van der Waals surface area contributed by atoms with Crippen LogP contribution in [-0.2, 0) is 0 Å². The van der Waals surface area contributed by atoms with E-state index in [9.17, 15) is 4.79 Å². The number of hydrogen-bond donors (Lipinski definition) is 1. The average molecular weight is 305 g/mol. The summed E-state index contributed by atoms with van der Waals surface area (Å²) in [6.45, 7) is 1.91. The number of nitrogens with one attached hydrogen (secondary N) is 1. The fourth-order valence-electron chi connectivity index (χ4n) is 1.63. The van der Waals surface area contributed by atoms with Gasteiger partial charge in [-0.2, -0.15) is 0 Å². The molecule has 18 heavy (non-hydrogen) atoms. The van der Waals surface area contributed by atoms with Crippen molar-refractivity contribution in [3.8, 4) is 0 Å². The Morgan fingerprint density at radius 2 is 1.94 bits per heavy atom. The predicted octanol–water partition coefficient (Wildman–Crippen LogP) is 3.34. The molecule has 0 radical (unpaired) electrons. The molecule has 1 amide bonds. The molecule has 0 aliphatic carbocycles. The average Bonchev–Trinajstić information content (AvgIpc) is 2.40. The molecule has 1 atom stereocenters. The lowest BCUT2D eigenvalue weighted by atomic mass is 10.1. The summed E-state index contributed by atoms with van der Waals surface area (Å²) in [6, 6.07) is 12.9. The zero-order valence-corrected chi connectivity index (χ0v) is 11.5. The van der Waals surface area contributed by atoms with Crippen molar-refractivity contribution in [3.63, 3.8) is 0 Å². The molecule has 0 saturated carbocycles. The van der Waals surface area contributed by atoms with Crippen LogP contribution in [-0.4, -0.2) is 10.9 Å². The number of hydrogen-bond acceptors (Lipinski definition) is 2. The first-order chi connectivity index (χ1) is 8.68. The van der Waals surface area contributed by atoms with Crippen LogP contribution in [0, 0.1) is 0 Å². The quantitative estimate of drug-likeness (QED) is 0.945. The molecule has 1 unspecified atom stereocenters. The second-order valence-corrected chi connectivity index (χ2v) is 4.78. The Morgan fingerprint density at radius 1 is 1.22 bits per heavy atom. The Labute approximate surface area is 114 Å². The van der Waals surface area contributed by atoms with Gasteiger partial charge in [0.2, 0.25) is 0 Å². The van der Waals surface area contributed by atoms with Crippen molar-refractivity contribution in [2.24, 2.45) is 0 Å². The summed E-state index contributed by atoms with van der Waals surface area (Å²) in [6.07, 6.45) is 1.72. The molecule has 0 aliphatic rings. The molecule has 0 saturated heterocycles. The highest BCUT2D eigenvalue weighted by Crippen LogP contribution is 2.17. The maximum atomic E-state index is 12.1. The Hall–Kier alpha value is -1.68. The van der Waals surface area contributed by atoms with E-state index >= 15 is 0 Å². The fourth-order valence-corrected chi connectivity index (χ4v) is 2.09. The predicted molar refractivity (Wildman–Crippen MR) is 74.3 cm³/mol. The molecule has 1 N–H and O–H groups in total. The molecule has 2 rings (SSSR count). The van der Waals surface area contributed by atoms with Gasteiger partial charge in [-0.3, -0.25) is 9.78 Å². The third-order valence-electron chi connectivity index (χ3n) is 2.60. The summed E-state index contributed by atoms with van der Waals surface area (Å²) in [5, 5.41) is 2.92. The maximum Gasteiger partial charge on any atom is 0.252 e. The van der Waals surface area contributed by atoms with E-state index in [-0.39, 0.29) is 11.9 Å². The minimum atomic E-state index is -0.120. The van der Waals surface area contributed by atoms with Gasteiger partial charge in [0.05, 0.1) is 17.3 Å². The molecular formula is C14H13BrN2O. The van der Waals surface area contributed by atoms with E-state index in [4.69, 9.17) is 0 Å². The van der Waals surface area contributed by atoms with Crippen LogP contribution < -0.4 is 5.32 Å². The summed E-state index contributed by atoms with van der Waals surface area (Å²) in [7, 11) is 0. The number of nitrogens with zero attached hydrogens (tertiary/aromatic N) is 1. The van der Waals surface area contributed by atoms with Crippen molar-refractivity contribution in [2.45, 2.75) is 13.0 Å². The molecule has 0 fully saturated rings. The molecule has 2 aromatic rings. The van der Waals surface area contributed by atoms with Gasteiger partial charge in [-0.1, -0.05) is 18.2 Å². The Bertz CT molecular complexity index is 543. The van der Waals surface area contributed by atoms with Crippen LogP contribution in [0.4, 0.5) is 0 Å². The van der Waals surface area contributed by atoms with Gasteiger partial charge in [0.1, 0.15) is 0 Å². The van der Waals surface area contributed by atoms with Crippen molar-refractivity contribution < 1.29 is 4.79 Å². The summed E-state index contributed by atoms with van der Waals surface area (Å²) in [5.41, 5.74) is 1.47. The molecule has 0 aliphatic heterocycles. The van der Waals surface area contributed by atoms with Crippen LogP contribution in [0.15, 0.2) is 53.1 Å². The lowest BCUT2D eigenvalue weighted by molar-refractivity contribution is 0.0938.